The van der Waals surface area contributed by atoms with Crippen molar-refractivity contribution < 1.29 is 9.90 Å². The van der Waals surface area contributed by atoms with Gasteiger partial charge in [0.25, 0.3) is 0 Å². The topological polar surface area (TPSA) is 37.3 Å². The zero-order chi connectivity index (χ0) is 12.3. The lowest BCUT2D eigenvalue weighted by atomic mass is 9.93. The molecule has 0 spiro atoms. The predicted octanol–water partition coefficient (Wildman–Crippen LogP) is 3.43. The molecule has 0 saturated heterocycles. The van der Waals surface area contributed by atoms with Gasteiger partial charge in [-0.25, -0.2) is 0 Å². The summed E-state index contributed by atoms with van der Waals surface area (Å²) >= 11 is 0. The fraction of sp³-hybridized carbons (Fsp3) is 0.533. The zero-order valence-corrected chi connectivity index (χ0v) is 10.4. The Kier molecular flexibility index (Phi) is 3.82. The molecule has 0 bridgehead atoms. The molecule has 1 aliphatic rings. The first-order chi connectivity index (χ1) is 8.15. The van der Waals surface area contributed by atoms with Crippen LogP contribution in [-0.2, 0) is 11.2 Å². The van der Waals surface area contributed by atoms with Crippen LogP contribution in [0.3, 0.4) is 0 Å². The van der Waals surface area contributed by atoms with Crippen molar-refractivity contribution in [3.8, 4) is 0 Å². The summed E-state index contributed by atoms with van der Waals surface area (Å²) in [4.78, 5) is 11.2. The van der Waals surface area contributed by atoms with Crippen molar-refractivity contribution >= 4 is 5.97 Å². The standard InChI is InChI=1S/C15H20O2/c1-11-2-4-13(5-3-11)10-14(15(16)17)9-8-12-6-7-12/h2-5,12,14H,6-10H2,1H3,(H,16,17). The first kappa shape index (κ1) is 12.2. The summed E-state index contributed by atoms with van der Waals surface area (Å²) in [5.41, 5.74) is 2.36. The van der Waals surface area contributed by atoms with E-state index < -0.39 is 5.97 Å². The highest BCUT2D eigenvalue weighted by atomic mass is 16.4. The lowest BCUT2D eigenvalue weighted by Crippen LogP contribution is -2.16. The number of aliphatic carboxylic acids is 1. The molecule has 0 heterocycles. The average Bonchev–Trinajstić information content (AvgIpc) is 3.10. The molecule has 1 fully saturated rings. The number of benzene rings is 1. The van der Waals surface area contributed by atoms with Crippen LogP contribution in [0.1, 0.15) is 36.8 Å². The first-order valence-electron chi connectivity index (χ1n) is 6.43. The van der Waals surface area contributed by atoms with Gasteiger partial charge in [-0.15, -0.1) is 0 Å². The van der Waals surface area contributed by atoms with Gasteiger partial charge in [-0.2, -0.15) is 0 Å². The minimum Gasteiger partial charge on any atom is -0.481 e. The maximum Gasteiger partial charge on any atom is 0.306 e. The molecule has 1 aromatic rings. The Morgan fingerprint density at radius 3 is 2.53 bits per heavy atom. The van der Waals surface area contributed by atoms with Crippen molar-refractivity contribution in [2.75, 3.05) is 0 Å². The third-order valence-corrected chi connectivity index (χ3v) is 3.57. The van der Waals surface area contributed by atoms with Crippen LogP contribution in [0.15, 0.2) is 24.3 Å². The van der Waals surface area contributed by atoms with Gasteiger partial charge in [0.05, 0.1) is 5.92 Å². The van der Waals surface area contributed by atoms with E-state index in [4.69, 9.17) is 0 Å². The molecule has 0 amide bonds. The Hall–Kier alpha value is -1.31. The molecule has 0 aromatic heterocycles. The summed E-state index contributed by atoms with van der Waals surface area (Å²) in [6.07, 6.45) is 5.19. The zero-order valence-electron chi connectivity index (χ0n) is 10.4. The Balaban J connectivity index is 1.91. The summed E-state index contributed by atoms with van der Waals surface area (Å²) < 4.78 is 0. The van der Waals surface area contributed by atoms with Crippen LogP contribution in [0.4, 0.5) is 0 Å². The van der Waals surface area contributed by atoms with E-state index in [0.29, 0.717) is 6.42 Å². The van der Waals surface area contributed by atoms with Crippen molar-refractivity contribution in [3.63, 3.8) is 0 Å². The van der Waals surface area contributed by atoms with Gasteiger partial charge >= 0.3 is 5.97 Å². The normalized spacial score (nSPS) is 16.8. The first-order valence-corrected chi connectivity index (χ1v) is 6.43. The molecule has 2 heteroatoms. The lowest BCUT2D eigenvalue weighted by Gasteiger charge is -2.12. The Labute approximate surface area is 103 Å². The summed E-state index contributed by atoms with van der Waals surface area (Å²) in [6, 6.07) is 8.19. The minimum atomic E-state index is -0.647. The fourth-order valence-corrected chi connectivity index (χ4v) is 2.16. The molecule has 1 unspecified atom stereocenters. The van der Waals surface area contributed by atoms with Crippen LogP contribution in [0.25, 0.3) is 0 Å². The molecule has 17 heavy (non-hydrogen) atoms. The van der Waals surface area contributed by atoms with Crippen LogP contribution in [0.5, 0.6) is 0 Å². The van der Waals surface area contributed by atoms with Crippen LogP contribution in [-0.4, -0.2) is 11.1 Å². The predicted molar refractivity (Wildman–Crippen MR) is 68.0 cm³/mol. The number of aryl methyl sites for hydroxylation is 1. The molecule has 1 N–H and O–H groups in total. The van der Waals surface area contributed by atoms with Crippen molar-refractivity contribution in [2.24, 2.45) is 11.8 Å². The monoisotopic (exact) mass is 232 g/mol. The third-order valence-electron chi connectivity index (χ3n) is 3.57. The van der Waals surface area contributed by atoms with E-state index in [0.717, 1.165) is 24.3 Å². The number of carboxylic acid groups (broad SMARTS) is 1. The van der Waals surface area contributed by atoms with E-state index in [2.05, 4.69) is 12.1 Å². The highest BCUT2D eigenvalue weighted by Gasteiger charge is 2.25. The van der Waals surface area contributed by atoms with Gasteiger partial charge in [0.1, 0.15) is 0 Å². The maximum atomic E-state index is 11.2. The summed E-state index contributed by atoms with van der Waals surface area (Å²) in [7, 11) is 0. The largest absolute Gasteiger partial charge is 0.481 e. The van der Waals surface area contributed by atoms with Crippen molar-refractivity contribution in [2.45, 2.75) is 39.0 Å². The molecule has 2 nitrogen and oxygen atoms in total. The summed E-state index contributed by atoms with van der Waals surface area (Å²) in [5, 5.41) is 9.22. The highest BCUT2D eigenvalue weighted by Crippen LogP contribution is 2.35. The number of hydrogen-bond donors (Lipinski definition) is 1. The van der Waals surface area contributed by atoms with Crippen LogP contribution in [0, 0.1) is 18.8 Å². The second-order valence-electron chi connectivity index (χ2n) is 5.25. The number of carbonyl (C=O) groups is 1. The van der Waals surface area contributed by atoms with E-state index in [-0.39, 0.29) is 5.92 Å². The quantitative estimate of drug-likeness (QED) is 0.816. The molecule has 1 aliphatic carbocycles. The molecular formula is C15H20O2. The van der Waals surface area contributed by atoms with E-state index in [1.807, 2.05) is 19.1 Å². The highest BCUT2D eigenvalue weighted by molar-refractivity contribution is 5.70. The van der Waals surface area contributed by atoms with Gasteiger partial charge in [0, 0.05) is 0 Å². The molecule has 1 aromatic carbocycles. The Bertz CT molecular complexity index is 376. The lowest BCUT2D eigenvalue weighted by molar-refractivity contribution is -0.142. The van der Waals surface area contributed by atoms with Crippen LogP contribution >= 0.6 is 0 Å². The second-order valence-corrected chi connectivity index (χ2v) is 5.25. The number of hydrogen-bond acceptors (Lipinski definition) is 1. The van der Waals surface area contributed by atoms with Crippen molar-refractivity contribution in [1.29, 1.82) is 0 Å². The smallest absolute Gasteiger partial charge is 0.306 e. The molecule has 0 radical (unpaired) electrons. The van der Waals surface area contributed by atoms with Gasteiger partial charge in [0.15, 0.2) is 0 Å². The molecule has 1 atom stereocenters. The van der Waals surface area contributed by atoms with E-state index in [9.17, 15) is 9.90 Å². The SMILES string of the molecule is Cc1ccc(CC(CCC2CC2)C(=O)O)cc1. The van der Waals surface area contributed by atoms with E-state index >= 15 is 0 Å². The van der Waals surface area contributed by atoms with Gasteiger partial charge in [-0.3, -0.25) is 4.79 Å². The molecule has 0 aliphatic heterocycles. The van der Waals surface area contributed by atoms with Gasteiger partial charge < -0.3 is 5.11 Å². The van der Waals surface area contributed by atoms with Gasteiger partial charge in [-0.1, -0.05) is 42.7 Å². The average molecular weight is 232 g/mol. The Morgan fingerprint density at radius 2 is 2.00 bits per heavy atom. The molecule has 2 rings (SSSR count). The molecular weight excluding hydrogens is 212 g/mol. The molecule has 1 saturated carbocycles. The van der Waals surface area contributed by atoms with E-state index in [1.165, 1.54) is 18.4 Å². The number of carboxylic acids is 1. The maximum absolute atomic E-state index is 11.2. The van der Waals surface area contributed by atoms with Gasteiger partial charge in [-0.05, 0) is 37.7 Å². The molecule has 92 valence electrons. The van der Waals surface area contributed by atoms with Crippen LogP contribution < -0.4 is 0 Å². The second kappa shape index (κ2) is 5.35. The van der Waals surface area contributed by atoms with Crippen molar-refractivity contribution in [3.05, 3.63) is 35.4 Å². The fourth-order valence-electron chi connectivity index (χ4n) is 2.16. The Morgan fingerprint density at radius 1 is 1.35 bits per heavy atom. The summed E-state index contributed by atoms with van der Waals surface area (Å²) in [5.74, 6) is -0.0422. The minimum absolute atomic E-state index is 0.210. The third kappa shape index (κ3) is 3.88. The summed E-state index contributed by atoms with van der Waals surface area (Å²) in [6.45, 7) is 2.05. The number of rotatable bonds is 6. The van der Waals surface area contributed by atoms with E-state index in [1.54, 1.807) is 0 Å². The van der Waals surface area contributed by atoms with Crippen molar-refractivity contribution in [1.82, 2.24) is 0 Å². The van der Waals surface area contributed by atoms with Gasteiger partial charge in [0.2, 0.25) is 0 Å². The van der Waals surface area contributed by atoms with Crippen LogP contribution in [0.2, 0.25) is 0 Å².